The summed E-state index contributed by atoms with van der Waals surface area (Å²) in [6.45, 7) is 11.3. The number of rotatable bonds is 3. The van der Waals surface area contributed by atoms with Gasteiger partial charge in [0.2, 0.25) is 5.91 Å². The maximum Gasteiger partial charge on any atom is 0.254 e. The standard InChI is InChI=1S/C21H32N4O2.2ClH/c1-15-10-16(2)13-25(12-15)20(26)14-23-6-8-24(9-7-23)21(27)19-11-18(22)5-4-17(19)3;;/h4-5,11,15-16H,6-10,12-14,22H2,1-3H3;2*1H. The molecule has 2 aliphatic heterocycles. The summed E-state index contributed by atoms with van der Waals surface area (Å²) in [5.74, 6) is 1.41. The molecule has 0 radical (unpaired) electrons. The molecule has 2 heterocycles. The van der Waals surface area contributed by atoms with Crippen molar-refractivity contribution in [3.05, 3.63) is 29.3 Å². The van der Waals surface area contributed by atoms with Gasteiger partial charge in [-0.2, -0.15) is 0 Å². The molecule has 2 atom stereocenters. The highest BCUT2D eigenvalue weighted by Crippen LogP contribution is 2.21. The second-order valence-corrected chi connectivity index (χ2v) is 8.39. The first kappa shape index (κ1) is 25.5. The van der Waals surface area contributed by atoms with Crippen LogP contribution in [0.4, 0.5) is 5.69 Å². The third kappa shape index (κ3) is 6.49. The minimum absolute atomic E-state index is 0. The topological polar surface area (TPSA) is 69.9 Å². The van der Waals surface area contributed by atoms with Crippen LogP contribution in [0.1, 0.15) is 36.2 Å². The molecule has 0 aromatic heterocycles. The Hall–Kier alpha value is -1.50. The molecule has 0 bridgehead atoms. The van der Waals surface area contributed by atoms with Crippen LogP contribution in [0, 0.1) is 18.8 Å². The van der Waals surface area contributed by atoms with E-state index < -0.39 is 0 Å². The number of benzene rings is 1. The lowest BCUT2D eigenvalue weighted by molar-refractivity contribution is -0.135. The van der Waals surface area contributed by atoms with Crippen molar-refractivity contribution in [1.29, 1.82) is 0 Å². The number of aryl methyl sites for hydroxylation is 1. The SMILES string of the molecule is Cc1ccc(N)cc1C(=O)N1CCN(CC(=O)N2CC(C)CC(C)C2)CC1.Cl.Cl. The molecule has 164 valence electrons. The fourth-order valence-electron chi connectivity index (χ4n) is 4.31. The number of carbonyl (C=O) groups is 2. The molecule has 2 aliphatic rings. The lowest BCUT2D eigenvalue weighted by Gasteiger charge is -2.38. The van der Waals surface area contributed by atoms with Crippen LogP contribution >= 0.6 is 24.8 Å². The zero-order valence-corrected chi connectivity index (χ0v) is 19.2. The van der Waals surface area contributed by atoms with Gasteiger partial charge in [-0.25, -0.2) is 0 Å². The highest BCUT2D eigenvalue weighted by Gasteiger charge is 2.28. The van der Waals surface area contributed by atoms with E-state index in [0.29, 0.717) is 42.7 Å². The summed E-state index contributed by atoms with van der Waals surface area (Å²) in [7, 11) is 0. The third-order valence-corrected chi connectivity index (χ3v) is 5.73. The Morgan fingerprint density at radius 2 is 1.59 bits per heavy atom. The number of hydrogen-bond acceptors (Lipinski definition) is 4. The van der Waals surface area contributed by atoms with Gasteiger partial charge in [-0.05, 0) is 42.9 Å². The van der Waals surface area contributed by atoms with E-state index in [1.54, 1.807) is 6.07 Å². The Morgan fingerprint density at radius 1 is 1.00 bits per heavy atom. The number of nitrogens with two attached hydrogens (primary N) is 1. The number of piperidine rings is 1. The largest absolute Gasteiger partial charge is 0.399 e. The maximum absolute atomic E-state index is 12.8. The van der Waals surface area contributed by atoms with Gasteiger partial charge in [-0.15, -0.1) is 24.8 Å². The van der Waals surface area contributed by atoms with Crippen molar-refractivity contribution >= 4 is 42.3 Å². The number of amides is 2. The molecular formula is C21H34Cl2N4O2. The highest BCUT2D eigenvalue weighted by atomic mass is 35.5. The molecule has 2 N–H and O–H groups in total. The van der Waals surface area contributed by atoms with Crippen molar-refractivity contribution in [3.63, 3.8) is 0 Å². The number of nitrogen functional groups attached to an aromatic ring is 1. The normalized spacial score (nSPS) is 22.4. The molecule has 1 aromatic rings. The Balaban J connectivity index is 0.00000210. The first-order valence-corrected chi connectivity index (χ1v) is 9.99. The summed E-state index contributed by atoms with van der Waals surface area (Å²) in [6, 6.07) is 5.46. The number of anilines is 1. The molecule has 29 heavy (non-hydrogen) atoms. The van der Waals surface area contributed by atoms with Crippen molar-refractivity contribution < 1.29 is 9.59 Å². The van der Waals surface area contributed by atoms with Crippen LogP contribution < -0.4 is 5.73 Å². The number of nitrogens with zero attached hydrogens (tertiary/aromatic N) is 3. The maximum atomic E-state index is 12.8. The molecule has 3 rings (SSSR count). The van der Waals surface area contributed by atoms with Crippen molar-refractivity contribution in [3.8, 4) is 0 Å². The summed E-state index contributed by atoms with van der Waals surface area (Å²) in [5, 5.41) is 0. The molecule has 2 amide bonds. The molecule has 2 fully saturated rings. The molecule has 0 saturated carbocycles. The number of piperazine rings is 1. The van der Waals surface area contributed by atoms with Crippen LogP contribution in [0.2, 0.25) is 0 Å². The van der Waals surface area contributed by atoms with Crippen LogP contribution in [-0.2, 0) is 4.79 Å². The van der Waals surface area contributed by atoms with Gasteiger partial charge in [-0.3, -0.25) is 14.5 Å². The molecule has 8 heteroatoms. The minimum Gasteiger partial charge on any atom is -0.399 e. The Bertz CT molecular complexity index is 698. The van der Waals surface area contributed by atoms with Gasteiger partial charge in [-0.1, -0.05) is 19.9 Å². The fraction of sp³-hybridized carbons (Fsp3) is 0.619. The van der Waals surface area contributed by atoms with E-state index in [0.717, 1.165) is 31.7 Å². The summed E-state index contributed by atoms with van der Waals surface area (Å²) >= 11 is 0. The lowest BCUT2D eigenvalue weighted by atomic mass is 9.92. The molecular weight excluding hydrogens is 411 g/mol. The predicted molar refractivity (Wildman–Crippen MR) is 122 cm³/mol. The molecule has 1 aromatic carbocycles. The van der Waals surface area contributed by atoms with Gasteiger partial charge < -0.3 is 15.5 Å². The first-order valence-electron chi connectivity index (χ1n) is 9.99. The summed E-state index contributed by atoms with van der Waals surface area (Å²) in [6.07, 6.45) is 1.20. The van der Waals surface area contributed by atoms with E-state index >= 15 is 0 Å². The second kappa shape index (κ2) is 11.0. The van der Waals surface area contributed by atoms with Gasteiger partial charge in [0.15, 0.2) is 0 Å². The highest BCUT2D eigenvalue weighted by molar-refractivity contribution is 5.96. The lowest BCUT2D eigenvalue weighted by Crippen LogP contribution is -2.53. The fourth-order valence-corrected chi connectivity index (χ4v) is 4.31. The number of hydrogen-bond donors (Lipinski definition) is 1. The summed E-state index contributed by atoms with van der Waals surface area (Å²) in [4.78, 5) is 31.5. The van der Waals surface area contributed by atoms with Crippen molar-refractivity contribution in [2.75, 3.05) is 51.5 Å². The molecule has 2 unspecified atom stereocenters. The number of likely N-dealkylation sites (tertiary alicyclic amines) is 1. The van der Waals surface area contributed by atoms with Crippen molar-refractivity contribution in [1.82, 2.24) is 14.7 Å². The van der Waals surface area contributed by atoms with Gasteiger partial charge in [0, 0.05) is 50.5 Å². The average molecular weight is 445 g/mol. The molecule has 6 nitrogen and oxygen atoms in total. The van der Waals surface area contributed by atoms with E-state index in [-0.39, 0.29) is 36.6 Å². The summed E-state index contributed by atoms with van der Waals surface area (Å²) in [5.41, 5.74) is 8.07. The average Bonchev–Trinajstić information content (AvgIpc) is 2.63. The first-order chi connectivity index (χ1) is 12.8. The minimum atomic E-state index is 0. The van der Waals surface area contributed by atoms with Gasteiger partial charge in [0.05, 0.1) is 6.54 Å². The van der Waals surface area contributed by atoms with Gasteiger partial charge in [0.25, 0.3) is 5.91 Å². The van der Waals surface area contributed by atoms with E-state index in [2.05, 4.69) is 18.7 Å². The zero-order chi connectivity index (χ0) is 19.6. The number of halogens is 2. The third-order valence-electron chi connectivity index (χ3n) is 5.73. The smallest absolute Gasteiger partial charge is 0.254 e. The van der Waals surface area contributed by atoms with Gasteiger partial charge >= 0.3 is 0 Å². The number of carbonyl (C=O) groups excluding carboxylic acids is 2. The summed E-state index contributed by atoms with van der Waals surface area (Å²) < 4.78 is 0. The van der Waals surface area contributed by atoms with E-state index in [1.165, 1.54) is 6.42 Å². The van der Waals surface area contributed by atoms with E-state index in [1.807, 2.05) is 28.9 Å². The molecule has 0 aliphatic carbocycles. The zero-order valence-electron chi connectivity index (χ0n) is 17.6. The van der Waals surface area contributed by atoms with Crippen LogP contribution in [0.3, 0.4) is 0 Å². The van der Waals surface area contributed by atoms with E-state index in [4.69, 9.17) is 5.73 Å². The Labute approximate surface area is 186 Å². The van der Waals surface area contributed by atoms with Crippen LogP contribution in [0.5, 0.6) is 0 Å². The predicted octanol–water partition coefficient (Wildman–Crippen LogP) is 2.68. The van der Waals surface area contributed by atoms with Crippen molar-refractivity contribution in [2.24, 2.45) is 11.8 Å². The van der Waals surface area contributed by atoms with Crippen LogP contribution in [-0.4, -0.2) is 72.3 Å². The Kier molecular flexibility index (Phi) is 9.73. The monoisotopic (exact) mass is 444 g/mol. The van der Waals surface area contributed by atoms with E-state index in [9.17, 15) is 9.59 Å². The second-order valence-electron chi connectivity index (χ2n) is 8.39. The van der Waals surface area contributed by atoms with Gasteiger partial charge in [0.1, 0.15) is 0 Å². The molecule has 0 spiro atoms. The van der Waals surface area contributed by atoms with Crippen LogP contribution in [0.25, 0.3) is 0 Å². The Morgan fingerprint density at radius 3 is 2.17 bits per heavy atom. The molecule has 2 saturated heterocycles. The van der Waals surface area contributed by atoms with Crippen molar-refractivity contribution in [2.45, 2.75) is 27.2 Å². The van der Waals surface area contributed by atoms with Crippen LogP contribution in [0.15, 0.2) is 18.2 Å². The quantitative estimate of drug-likeness (QED) is 0.727.